The van der Waals surface area contributed by atoms with Crippen LogP contribution in [0.4, 0.5) is 17.2 Å². The van der Waals surface area contributed by atoms with Crippen LogP contribution < -0.4 is 15.1 Å². The first-order valence-electron chi connectivity index (χ1n) is 10.00. The molecule has 3 aromatic rings. The molecule has 0 spiro atoms. The van der Waals surface area contributed by atoms with Crippen LogP contribution in [0.25, 0.3) is 0 Å². The highest BCUT2D eigenvalue weighted by Crippen LogP contribution is 2.21. The number of anilines is 3. The van der Waals surface area contributed by atoms with Crippen molar-refractivity contribution >= 4 is 23.1 Å². The minimum absolute atomic E-state index is 0.134. The molecule has 0 unspecified atom stereocenters. The highest BCUT2D eigenvalue weighted by molar-refractivity contribution is 6.03. The van der Waals surface area contributed by atoms with E-state index < -0.39 is 0 Å². The quantitative estimate of drug-likeness (QED) is 0.727. The standard InChI is InChI=1S/C24H26N4O/c1-18-8-9-20(16-19(18)2)24(29)26-23-11-10-22(17-25-23)28-14-12-27(13-15-28)21-6-4-3-5-7-21/h3-11,16-17H,12-15H2,1-2H3,(H,25,26,29). The molecule has 1 aliphatic rings. The van der Waals surface area contributed by atoms with Crippen molar-refractivity contribution in [1.29, 1.82) is 0 Å². The Balaban J connectivity index is 1.36. The van der Waals surface area contributed by atoms with Crippen molar-refractivity contribution in [3.63, 3.8) is 0 Å². The summed E-state index contributed by atoms with van der Waals surface area (Å²) < 4.78 is 0. The van der Waals surface area contributed by atoms with Crippen molar-refractivity contribution in [3.8, 4) is 0 Å². The van der Waals surface area contributed by atoms with Gasteiger partial charge in [-0.1, -0.05) is 24.3 Å². The van der Waals surface area contributed by atoms with Crippen molar-refractivity contribution < 1.29 is 4.79 Å². The maximum Gasteiger partial charge on any atom is 0.256 e. The van der Waals surface area contributed by atoms with E-state index in [1.54, 1.807) is 0 Å². The number of pyridine rings is 1. The Kier molecular flexibility index (Phi) is 5.47. The van der Waals surface area contributed by atoms with Gasteiger partial charge in [-0.15, -0.1) is 0 Å². The van der Waals surface area contributed by atoms with E-state index in [9.17, 15) is 4.79 Å². The monoisotopic (exact) mass is 386 g/mol. The number of hydrogen-bond acceptors (Lipinski definition) is 4. The number of aromatic nitrogens is 1. The third-order valence-corrected chi connectivity index (χ3v) is 5.52. The van der Waals surface area contributed by atoms with E-state index in [-0.39, 0.29) is 5.91 Å². The number of nitrogens with zero attached hydrogens (tertiary/aromatic N) is 3. The third kappa shape index (κ3) is 4.40. The van der Waals surface area contributed by atoms with Gasteiger partial charge in [0.1, 0.15) is 5.82 Å². The van der Waals surface area contributed by atoms with Crippen molar-refractivity contribution in [3.05, 3.63) is 83.6 Å². The number of nitrogens with one attached hydrogen (secondary N) is 1. The Labute approximate surface area is 172 Å². The summed E-state index contributed by atoms with van der Waals surface area (Å²) in [5.74, 6) is 0.435. The summed E-state index contributed by atoms with van der Waals surface area (Å²) in [7, 11) is 0. The first-order valence-corrected chi connectivity index (χ1v) is 10.00. The highest BCUT2D eigenvalue weighted by atomic mass is 16.1. The fraction of sp³-hybridized carbons (Fsp3) is 0.250. The van der Waals surface area contributed by atoms with Gasteiger partial charge in [-0.2, -0.15) is 0 Å². The molecule has 0 bridgehead atoms. The second-order valence-corrected chi connectivity index (χ2v) is 7.46. The molecule has 1 aliphatic heterocycles. The number of benzene rings is 2. The molecule has 4 rings (SSSR count). The van der Waals surface area contributed by atoms with Gasteiger partial charge in [0, 0.05) is 37.4 Å². The van der Waals surface area contributed by atoms with Crippen LogP contribution >= 0.6 is 0 Å². The van der Waals surface area contributed by atoms with E-state index in [1.165, 1.54) is 11.3 Å². The molecule has 2 aromatic carbocycles. The van der Waals surface area contributed by atoms with E-state index in [1.807, 2.05) is 56.4 Å². The van der Waals surface area contributed by atoms with Gasteiger partial charge in [-0.25, -0.2) is 4.98 Å². The molecule has 0 atom stereocenters. The Morgan fingerprint density at radius 2 is 1.52 bits per heavy atom. The van der Waals surface area contributed by atoms with Crippen molar-refractivity contribution in [2.75, 3.05) is 41.3 Å². The Morgan fingerprint density at radius 3 is 2.14 bits per heavy atom. The average molecular weight is 386 g/mol. The smallest absolute Gasteiger partial charge is 0.256 e. The molecular formula is C24H26N4O. The summed E-state index contributed by atoms with van der Waals surface area (Å²) in [6.45, 7) is 7.91. The molecule has 1 saturated heterocycles. The van der Waals surface area contributed by atoms with Crippen LogP contribution in [0.15, 0.2) is 66.9 Å². The SMILES string of the molecule is Cc1ccc(C(=O)Nc2ccc(N3CCN(c4ccccc4)CC3)cn2)cc1C. The van der Waals surface area contributed by atoms with Crippen molar-refractivity contribution in [2.45, 2.75) is 13.8 Å². The number of para-hydroxylation sites is 1. The Hall–Kier alpha value is -3.34. The van der Waals surface area contributed by atoms with Crippen LogP contribution in [0.5, 0.6) is 0 Å². The van der Waals surface area contributed by atoms with Gasteiger partial charge in [-0.05, 0) is 61.4 Å². The number of piperazine rings is 1. The second-order valence-electron chi connectivity index (χ2n) is 7.46. The zero-order chi connectivity index (χ0) is 20.2. The van der Waals surface area contributed by atoms with Crippen LogP contribution in [0.3, 0.4) is 0 Å². The van der Waals surface area contributed by atoms with Crippen LogP contribution in [-0.2, 0) is 0 Å². The summed E-state index contributed by atoms with van der Waals surface area (Å²) in [5, 5.41) is 2.89. The molecule has 0 radical (unpaired) electrons. The van der Waals surface area contributed by atoms with Gasteiger partial charge in [0.05, 0.1) is 11.9 Å². The van der Waals surface area contributed by atoms with E-state index in [0.717, 1.165) is 37.4 Å². The third-order valence-electron chi connectivity index (χ3n) is 5.52. The van der Waals surface area contributed by atoms with Gasteiger partial charge in [0.15, 0.2) is 0 Å². The molecule has 1 aromatic heterocycles. The van der Waals surface area contributed by atoms with E-state index in [2.05, 4.69) is 44.4 Å². The topological polar surface area (TPSA) is 48.5 Å². The van der Waals surface area contributed by atoms with E-state index >= 15 is 0 Å². The van der Waals surface area contributed by atoms with Crippen molar-refractivity contribution in [1.82, 2.24) is 4.98 Å². The molecule has 5 heteroatoms. The van der Waals surface area contributed by atoms with Gasteiger partial charge < -0.3 is 15.1 Å². The van der Waals surface area contributed by atoms with Crippen LogP contribution in [-0.4, -0.2) is 37.1 Å². The summed E-state index contributed by atoms with van der Waals surface area (Å²) in [6, 6.07) is 20.1. The lowest BCUT2D eigenvalue weighted by Gasteiger charge is -2.37. The number of amides is 1. The first kappa shape index (κ1) is 19.0. The largest absolute Gasteiger partial charge is 0.368 e. The molecule has 29 heavy (non-hydrogen) atoms. The highest BCUT2D eigenvalue weighted by Gasteiger charge is 2.18. The van der Waals surface area contributed by atoms with E-state index in [0.29, 0.717) is 11.4 Å². The Morgan fingerprint density at radius 1 is 0.828 bits per heavy atom. The van der Waals surface area contributed by atoms with Gasteiger partial charge >= 0.3 is 0 Å². The fourth-order valence-corrected chi connectivity index (χ4v) is 3.58. The van der Waals surface area contributed by atoms with Crippen LogP contribution in [0, 0.1) is 13.8 Å². The number of hydrogen-bond donors (Lipinski definition) is 1. The maximum absolute atomic E-state index is 12.5. The van der Waals surface area contributed by atoms with Gasteiger partial charge in [0.2, 0.25) is 0 Å². The lowest BCUT2D eigenvalue weighted by molar-refractivity contribution is 0.102. The number of carbonyl (C=O) groups excluding carboxylic acids is 1. The fourth-order valence-electron chi connectivity index (χ4n) is 3.58. The molecule has 1 N–H and O–H groups in total. The predicted octanol–water partition coefficient (Wildman–Crippen LogP) is 4.28. The maximum atomic E-state index is 12.5. The zero-order valence-electron chi connectivity index (χ0n) is 16.9. The predicted molar refractivity (Wildman–Crippen MR) is 119 cm³/mol. The molecule has 2 heterocycles. The van der Waals surface area contributed by atoms with Gasteiger partial charge in [0.25, 0.3) is 5.91 Å². The van der Waals surface area contributed by atoms with E-state index in [4.69, 9.17) is 0 Å². The summed E-state index contributed by atoms with van der Waals surface area (Å²) >= 11 is 0. The molecule has 0 saturated carbocycles. The van der Waals surface area contributed by atoms with Crippen LogP contribution in [0.1, 0.15) is 21.5 Å². The normalized spacial score (nSPS) is 14.0. The first-order chi connectivity index (χ1) is 14.1. The summed E-state index contributed by atoms with van der Waals surface area (Å²) in [6.07, 6.45) is 1.84. The summed E-state index contributed by atoms with van der Waals surface area (Å²) in [5.41, 5.74) is 5.29. The second kappa shape index (κ2) is 8.35. The van der Waals surface area contributed by atoms with Crippen LogP contribution in [0.2, 0.25) is 0 Å². The van der Waals surface area contributed by atoms with Crippen molar-refractivity contribution in [2.24, 2.45) is 0 Å². The summed E-state index contributed by atoms with van der Waals surface area (Å²) in [4.78, 5) is 21.7. The molecule has 5 nitrogen and oxygen atoms in total. The number of rotatable bonds is 4. The molecule has 1 amide bonds. The lowest BCUT2D eigenvalue weighted by Crippen LogP contribution is -2.46. The number of carbonyl (C=O) groups is 1. The minimum Gasteiger partial charge on any atom is -0.368 e. The Bertz CT molecular complexity index is 978. The average Bonchev–Trinajstić information content (AvgIpc) is 2.77. The zero-order valence-corrected chi connectivity index (χ0v) is 16.9. The molecular weight excluding hydrogens is 360 g/mol. The number of aryl methyl sites for hydroxylation is 2. The lowest BCUT2D eigenvalue weighted by atomic mass is 10.1. The molecule has 1 fully saturated rings. The van der Waals surface area contributed by atoms with Gasteiger partial charge in [-0.3, -0.25) is 4.79 Å². The minimum atomic E-state index is -0.134. The molecule has 148 valence electrons. The molecule has 0 aliphatic carbocycles.